The van der Waals surface area contributed by atoms with Crippen molar-refractivity contribution in [2.24, 2.45) is 0 Å². The molecule has 0 fully saturated rings. The van der Waals surface area contributed by atoms with Crippen LogP contribution in [0.1, 0.15) is 11.1 Å². The van der Waals surface area contributed by atoms with E-state index in [0.717, 1.165) is 89.1 Å². The van der Waals surface area contributed by atoms with Gasteiger partial charge in [0.25, 0.3) is 0 Å². The molecule has 0 bridgehead atoms. The Bertz CT molecular complexity index is 5580. The third-order valence-electron chi connectivity index (χ3n) is 16.4. The van der Waals surface area contributed by atoms with Gasteiger partial charge >= 0.3 is 84.6 Å². The first kappa shape index (κ1) is 73.0. The molecule has 8 aromatic heterocycles. The van der Waals surface area contributed by atoms with Crippen molar-refractivity contribution in [2.75, 3.05) is 0 Å². The van der Waals surface area contributed by atoms with E-state index in [4.69, 9.17) is 18.6 Å². The predicted molar refractivity (Wildman–Crippen MR) is 407 cm³/mol. The fourth-order valence-electron chi connectivity index (χ4n) is 11.8. The Hall–Kier alpha value is -9.77. The standard InChI is InChI=1S/C30H23N2O.C28H17N2O2.C28H17N2OS.3ClH.3Pt/c1-21-18-25(23-10-4-3-5-11-23)19-22(2)30(21)26-15-14-24(27-12-6-8-16-31-27)20-28(26)33-29-13-7-9-17-32-29;1-2-9-25-22(7-1)23-14-11-19(17-27(23)31-25)21-13-12-20(24-8-3-5-15-29-24)18-26(21)32-28-10-4-6-16-30-28;1-2-9-26-22(7-1)23-17-19(12-14-27(23)32-26)21-13-11-20(24-8-3-5-15-29-24)18-25(21)31-28-10-4-6-16-30-28;;;;;;/h3-19H,1-2H3;2*1-17H;3*1H;;;/q3*-1;;;;3*+2/p-3. The summed E-state index contributed by atoms with van der Waals surface area (Å²) in [4.78, 5) is 26.4. The van der Waals surface area contributed by atoms with E-state index in [1.54, 1.807) is 93.5 Å². The van der Waals surface area contributed by atoms with Crippen molar-refractivity contribution in [1.29, 1.82) is 0 Å². The molecular weight excluding hydrogens is 1900 g/mol. The molecule has 512 valence electrons. The minimum Gasteiger partial charge on any atom is -0.458 e. The summed E-state index contributed by atoms with van der Waals surface area (Å²) in [6, 6.07) is 101. The minimum absolute atomic E-state index is 0.507. The molecule has 0 radical (unpaired) electrons. The van der Waals surface area contributed by atoms with Gasteiger partial charge in [-0.1, -0.05) is 220 Å². The Morgan fingerprint density at radius 2 is 0.709 bits per heavy atom. The smallest absolute Gasteiger partial charge is 0.217 e. The third kappa shape index (κ3) is 17.8. The van der Waals surface area contributed by atoms with Gasteiger partial charge in [-0.25, -0.2) is 15.0 Å². The maximum absolute atomic E-state index is 6.26. The van der Waals surface area contributed by atoms with Crippen molar-refractivity contribution in [3.05, 3.63) is 339 Å². The quantitative estimate of drug-likeness (QED) is 0.103. The summed E-state index contributed by atoms with van der Waals surface area (Å²) in [6.45, 7) is 4.29. The molecule has 0 saturated heterocycles. The fourth-order valence-corrected chi connectivity index (χ4v) is 12.9. The van der Waals surface area contributed by atoms with E-state index in [2.05, 4.69) is 199 Å². The summed E-state index contributed by atoms with van der Waals surface area (Å²) in [6.07, 6.45) is 10.5. The molecule has 0 aliphatic heterocycles. The molecule has 9 aromatic carbocycles. The number of aryl methyl sites for hydroxylation is 2. The van der Waals surface area contributed by atoms with Crippen LogP contribution in [0.3, 0.4) is 0 Å². The van der Waals surface area contributed by atoms with Crippen LogP contribution in [0.25, 0.3) is 120 Å². The van der Waals surface area contributed by atoms with Crippen LogP contribution < -0.4 is 14.2 Å². The van der Waals surface area contributed by atoms with Gasteiger partial charge in [0, 0.05) is 86.3 Å². The number of para-hydroxylation sites is 1. The van der Waals surface area contributed by atoms with Crippen LogP contribution >= 0.6 is 39.6 Å². The number of benzene rings is 9. The normalized spacial score (nSPS) is 10.6. The number of ether oxygens (including phenoxy) is 3. The number of thiophene rings is 1. The molecule has 0 aliphatic rings. The first-order valence-electron chi connectivity index (χ1n) is 32.0. The second-order valence-electron chi connectivity index (χ2n) is 22.8. The molecule has 103 heavy (non-hydrogen) atoms. The van der Waals surface area contributed by atoms with Gasteiger partial charge < -0.3 is 33.6 Å². The van der Waals surface area contributed by atoms with Crippen LogP contribution in [0, 0.1) is 32.0 Å². The molecule has 0 saturated carbocycles. The van der Waals surface area contributed by atoms with E-state index >= 15 is 0 Å². The number of hydrogen-bond donors (Lipinski definition) is 0. The molecule has 10 nitrogen and oxygen atoms in total. The summed E-state index contributed by atoms with van der Waals surface area (Å²) in [5.74, 6) is 3.42. The summed E-state index contributed by atoms with van der Waals surface area (Å²) in [7, 11) is 13.8. The molecule has 0 atom stereocenters. The van der Waals surface area contributed by atoms with Crippen LogP contribution in [0.5, 0.6) is 34.9 Å². The monoisotopic (exact) mass is 1960 g/mol. The van der Waals surface area contributed by atoms with Crippen LogP contribution in [-0.4, -0.2) is 29.9 Å². The first-order valence-corrected chi connectivity index (χ1v) is 41.2. The van der Waals surface area contributed by atoms with Gasteiger partial charge in [0.1, 0.15) is 11.2 Å². The van der Waals surface area contributed by atoms with Crippen LogP contribution in [0.2, 0.25) is 0 Å². The van der Waals surface area contributed by atoms with E-state index < -0.39 is 0 Å². The largest absolute Gasteiger partial charge is 0.458 e. The number of pyridine rings is 6. The van der Waals surface area contributed by atoms with Crippen molar-refractivity contribution in [2.45, 2.75) is 13.8 Å². The second kappa shape index (κ2) is 36.4. The molecule has 0 amide bonds. The molecule has 17 heteroatoms. The third-order valence-corrected chi connectivity index (χ3v) is 17.5. The Morgan fingerprint density at radius 3 is 1.19 bits per heavy atom. The van der Waals surface area contributed by atoms with Crippen molar-refractivity contribution in [1.82, 2.24) is 29.9 Å². The zero-order valence-electron chi connectivity index (χ0n) is 54.8. The van der Waals surface area contributed by atoms with Gasteiger partial charge in [0.05, 0.1) is 17.2 Å². The van der Waals surface area contributed by atoms with E-state index in [0.29, 0.717) is 34.9 Å². The average Bonchev–Trinajstić information content (AvgIpc) is 1.76. The molecule has 17 aromatic rings. The van der Waals surface area contributed by atoms with Crippen molar-refractivity contribution < 1.29 is 74.9 Å². The van der Waals surface area contributed by atoms with E-state index in [1.165, 1.54) is 42.4 Å². The maximum atomic E-state index is 6.26. The Morgan fingerprint density at radius 1 is 0.311 bits per heavy atom. The summed E-state index contributed by atoms with van der Waals surface area (Å²) < 4.78 is 27.3. The molecule has 0 spiro atoms. The van der Waals surface area contributed by atoms with Crippen LogP contribution in [0.15, 0.2) is 315 Å². The van der Waals surface area contributed by atoms with Gasteiger partial charge in [-0.3, -0.25) is 0 Å². The zero-order chi connectivity index (χ0) is 71.3. The first-order chi connectivity index (χ1) is 50.9. The second-order valence-corrected chi connectivity index (χ2v) is 23.9. The molecule has 0 unspecified atom stereocenters. The number of furan rings is 1. The van der Waals surface area contributed by atoms with Gasteiger partial charge in [-0.2, -0.15) is 0 Å². The van der Waals surface area contributed by atoms with Crippen LogP contribution in [-0.2, 0) is 56.3 Å². The van der Waals surface area contributed by atoms with Crippen LogP contribution in [0.4, 0.5) is 0 Å². The van der Waals surface area contributed by atoms with Crippen molar-refractivity contribution in [3.8, 4) is 113 Å². The van der Waals surface area contributed by atoms with E-state index in [-0.39, 0.29) is 0 Å². The van der Waals surface area contributed by atoms with Gasteiger partial charge in [0.15, 0.2) is 0 Å². The summed E-state index contributed by atoms with van der Waals surface area (Å²) >= 11 is 6.65. The molecule has 0 N–H and O–H groups in total. The predicted octanol–water partition coefficient (Wildman–Crippen LogP) is 24.8. The van der Waals surface area contributed by atoms with Crippen molar-refractivity contribution >= 4 is 81.7 Å². The Labute approximate surface area is 646 Å². The fraction of sp³-hybridized carbons (Fsp3) is 0.0233. The summed E-state index contributed by atoms with van der Waals surface area (Å²) in [5, 5.41) is 4.72. The number of hydrogen-bond acceptors (Lipinski definition) is 11. The number of fused-ring (bicyclic) bond motifs is 6. The van der Waals surface area contributed by atoms with Crippen molar-refractivity contribution in [3.63, 3.8) is 0 Å². The molecule has 0 aliphatic carbocycles. The SMILES string of the molecule is Cc1cc(-c2ccccc2)cc(C)c1-c1ccc(-c2ccccn2)[c-]c1Oc1ccccn1.[Cl][Pt+].[Cl][Pt+].[Cl][Pt+].[c-]1c(-c2ccccn2)ccc(-c2ccc3c(c2)oc2ccccc23)c1Oc1ccccn1.[c-]1c(-c2ccccn2)ccc(-c2ccc3sc4ccccc4c3c2)c1Oc1ccccn1. The summed E-state index contributed by atoms with van der Waals surface area (Å²) in [5.41, 5.74) is 17.7. The number of aromatic nitrogens is 6. The Balaban J connectivity index is 0.000000140. The van der Waals surface area contributed by atoms with Gasteiger partial charge in [-0.15, -0.1) is 64.4 Å². The number of halogens is 3. The number of rotatable bonds is 13. The molecule has 8 heterocycles. The average molecular weight is 1960 g/mol. The van der Waals surface area contributed by atoms with Gasteiger partial charge in [-0.05, 0) is 103 Å². The van der Waals surface area contributed by atoms with Gasteiger partial charge in [0.2, 0.25) is 17.6 Å². The topological polar surface area (TPSA) is 118 Å². The molecular formula is C86H57Cl3N6O4Pt3S. The van der Waals surface area contributed by atoms with E-state index in [9.17, 15) is 0 Å². The number of nitrogens with zero attached hydrogens (tertiary/aromatic N) is 6. The maximum Gasteiger partial charge on any atom is 0.217 e. The Kier molecular flexibility index (Phi) is 25.8. The van der Waals surface area contributed by atoms with E-state index in [1.807, 2.05) is 175 Å². The zero-order valence-corrected chi connectivity index (χ0v) is 64.7. The minimum atomic E-state index is 0.507. The molecule has 17 rings (SSSR count).